The molecular formula is C18H14N2OS. The second-order valence-electron chi connectivity index (χ2n) is 5.12. The van der Waals surface area contributed by atoms with Gasteiger partial charge in [0.2, 0.25) is 0 Å². The first-order chi connectivity index (χ1) is 10.6. The van der Waals surface area contributed by atoms with Crippen LogP contribution in [0.1, 0.15) is 21.7 Å². The number of para-hydroxylation sites is 1. The second-order valence-corrected chi connectivity index (χ2v) is 6.15. The van der Waals surface area contributed by atoms with Crippen LogP contribution in [0.4, 0.5) is 0 Å². The van der Waals surface area contributed by atoms with E-state index in [1.54, 1.807) is 0 Å². The number of allylic oxidation sites excluding steroid dienone is 1. The van der Waals surface area contributed by atoms with E-state index in [-0.39, 0.29) is 11.3 Å². The Morgan fingerprint density at radius 3 is 2.59 bits per heavy atom. The van der Waals surface area contributed by atoms with Gasteiger partial charge >= 0.3 is 0 Å². The lowest BCUT2D eigenvalue weighted by Crippen LogP contribution is -1.92. The second kappa shape index (κ2) is 5.63. The minimum atomic E-state index is -0.0235. The fourth-order valence-electron chi connectivity index (χ4n) is 2.21. The van der Waals surface area contributed by atoms with Crippen molar-refractivity contribution in [2.45, 2.75) is 13.8 Å². The monoisotopic (exact) mass is 306 g/mol. The van der Waals surface area contributed by atoms with Crippen LogP contribution < -0.4 is 0 Å². The van der Waals surface area contributed by atoms with Gasteiger partial charge < -0.3 is 5.11 Å². The summed E-state index contributed by atoms with van der Waals surface area (Å²) in [5, 5.41) is 20.5. The number of aliphatic hydroxyl groups is 1. The van der Waals surface area contributed by atoms with Crippen LogP contribution in [0.3, 0.4) is 0 Å². The Kier molecular flexibility index (Phi) is 3.66. The molecule has 4 heteroatoms. The summed E-state index contributed by atoms with van der Waals surface area (Å²) in [6, 6.07) is 15.4. The van der Waals surface area contributed by atoms with Gasteiger partial charge in [0.25, 0.3) is 0 Å². The molecule has 0 aliphatic rings. The molecule has 1 aromatic heterocycles. The summed E-state index contributed by atoms with van der Waals surface area (Å²) in [5.74, 6) is -0.0235. The standard InChI is InChI=1S/C18H14N2OS/c1-11-7-8-13(9-12(11)2)17(21)14(10-19)18-20-15-5-3-4-6-16(15)22-18/h3-9,21H,1-2H3. The number of rotatable bonds is 2. The van der Waals surface area contributed by atoms with E-state index in [1.807, 2.05) is 56.3 Å². The molecule has 108 valence electrons. The molecule has 3 nitrogen and oxygen atoms in total. The van der Waals surface area contributed by atoms with Crippen molar-refractivity contribution in [3.8, 4) is 6.07 Å². The van der Waals surface area contributed by atoms with Crippen molar-refractivity contribution < 1.29 is 5.11 Å². The minimum absolute atomic E-state index is 0.0235. The summed E-state index contributed by atoms with van der Waals surface area (Å²) in [5.41, 5.74) is 3.91. The summed E-state index contributed by atoms with van der Waals surface area (Å²) in [6.45, 7) is 3.99. The lowest BCUT2D eigenvalue weighted by Gasteiger charge is -2.06. The van der Waals surface area contributed by atoms with E-state index in [9.17, 15) is 10.4 Å². The van der Waals surface area contributed by atoms with Crippen LogP contribution >= 0.6 is 11.3 Å². The first kappa shape index (κ1) is 14.3. The van der Waals surface area contributed by atoms with Crippen molar-refractivity contribution in [1.82, 2.24) is 4.98 Å². The van der Waals surface area contributed by atoms with Crippen LogP contribution in [0.5, 0.6) is 0 Å². The highest BCUT2D eigenvalue weighted by Gasteiger charge is 2.15. The molecule has 0 fully saturated rings. The van der Waals surface area contributed by atoms with Crippen molar-refractivity contribution >= 4 is 32.9 Å². The predicted octanol–water partition coefficient (Wildman–Crippen LogP) is 4.86. The van der Waals surface area contributed by atoms with Crippen LogP contribution in [-0.4, -0.2) is 10.1 Å². The Balaban J connectivity index is 2.16. The number of benzene rings is 2. The maximum atomic E-state index is 10.5. The number of fused-ring (bicyclic) bond motifs is 1. The molecule has 0 aliphatic heterocycles. The molecule has 0 atom stereocenters. The number of aromatic nitrogens is 1. The molecule has 1 N–H and O–H groups in total. The molecule has 0 aliphatic carbocycles. The summed E-state index contributed by atoms with van der Waals surface area (Å²) in [4.78, 5) is 4.45. The van der Waals surface area contributed by atoms with Gasteiger partial charge in [-0.3, -0.25) is 0 Å². The van der Waals surface area contributed by atoms with Gasteiger partial charge in [0.05, 0.1) is 10.2 Å². The third-order valence-corrected chi connectivity index (χ3v) is 4.69. The smallest absolute Gasteiger partial charge is 0.143 e. The summed E-state index contributed by atoms with van der Waals surface area (Å²) >= 11 is 1.41. The SMILES string of the molecule is Cc1ccc(C(O)=C(C#N)c2nc3ccccc3s2)cc1C. The van der Waals surface area contributed by atoms with E-state index in [0.29, 0.717) is 10.6 Å². The predicted molar refractivity (Wildman–Crippen MR) is 90.6 cm³/mol. The number of hydrogen-bond acceptors (Lipinski definition) is 4. The van der Waals surface area contributed by atoms with E-state index in [2.05, 4.69) is 11.1 Å². The van der Waals surface area contributed by atoms with Gasteiger partial charge in [-0.2, -0.15) is 5.26 Å². The Hall–Kier alpha value is -2.64. The van der Waals surface area contributed by atoms with E-state index < -0.39 is 0 Å². The zero-order chi connectivity index (χ0) is 15.7. The van der Waals surface area contributed by atoms with Gasteiger partial charge in [-0.1, -0.05) is 24.3 Å². The zero-order valence-electron chi connectivity index (χ0n) is 12.3. The van der Waals surface area contributed by atoms with Crippen LogP contribution in [0, 0.1) is 25.2 Å². The number of nitrogens with zero attached hydrogens (tertiary/aromatic N) is 2. The number of nitriles is 1. The lowest BCUT2D eigenvalue weighted by atomic mass is 10.0. The highest BCUT2D eigenvalue weighted by atomic mass is 32.1. The Morgan fingerprint density at radius 2 is 1.91 bits per heavy atom. The van der Waals surface area contributed by atoms with E-state index in [0.717, 1.165) is 21.3 Å². The molecule has 0 bridgehead atoms. The van der Waals surface area contributed by atoms with Crippen LogP contribution in [0.25, 0.3) is 21.5 Å². The van der Waals surface area contributed by atoms with E-state index >= 15 is 0 Å². The van der Waals surface area contributed by atoms with Crippen molar-refractivity contribution in [1.29, 1.82) is 5.26 Å². The van der Waals surface area contributed by atoms with Crippen molar-refractivity contribution in [3.05, 3.63) is 64.2 Å². The van der Waals surface area contributed by atoms with Crippen molar-refractivity contribution in [2.24, 2.45) is 0 Å². The quantitative estimate of drug-likeness (QED) is 0.543. The number of hydrogen-bond donors (Lipinski definition) is 1. The van der Waals surface area contributed by atoms with Crippen LogP contribution in [-0.2, 0) is 0 Å². The number of thiazole rings is 1. The van der Waals surface area contributed by atoms with Gasteiger partial charge in [0.1, 0.15) is 22.4 Å². The van der Waals surface area contributed by atoms with Gasteiger partial charge in [0, 0.05) is 5.56 Å². The zero-order valence-corrected chi connectivity index (χ0v) is 13.1. The van der Waals surface area contributed by atoms with Gasteiger partial charge in [-0.05, 0) is 43.2 Å². The fourth-order valence-corrected chi connectivity index (χ4v) is 3.18. The summed E-state index contributed by atoms with van der Waals surface area (Å²) < 4.78 is 0.998. The summed E-state index contributed by atoms with van der Waals surface area (Å²) in [6.07, 6.45) is 0. The normalized spacial score (nSPS) is 12.0. The van der Waals surface area contributed by atoms with Gasteiger partial charge in [0.15, 0.2) is 0 Å². The fraction of sp³-hybridized carbons (Fsp3) is 0.111. The molecule has 0 unspecified atom stereocenters. The Morgan fingerprint density at radius 1 is 1.14 bits per heavy atom. The molecule has 0 saturated carbocycles. The maximum Gasteiger partial charge on any atom is 0.143 e. The molecule has 1 heterocycles. The minimum Gasteiger partial charge on any atom is -0.506 e. The Bertz CT molecular complexity index is 899. The van der Waals surface area contributed by atoms with E-state index in [4.69, 9.17) is 0 Å². The highest BCUT2D eigenvalue weighted by molar-refractivity contribution is 7.19. The van der Waals surface area contributed by atoms with Crippen LogP contribution in [0.15, 0.2) is 42.5 Å². The number of aliphatic hydroxyl groups excluding tert-OH is 1. The largest absolute Gasteiger partial charge is 0.506 e. The highest BCUT2D eigenvalue weighted by Crippen LogP contribution is 2.31. The van der Waals surface area contributed by atoms with Gasteiger partial charge in [-0.25, -0.2) is 4.98 Å². The summed E-state index contributed by atoms with van der Waals surface area (Å²) in [7, 11) is 0. The average molecular weight is 306 g/mol. The van der Waals surface area contributed by atoms with Gasteiger partial charge in [-0.15, -0.1) is 11.3 Å². The molecule has 3 aromatic rings. The lowest BCUT2D eigenvalue weighted by molar-refractivity contribution is 0.514. The third-order valence-electron chi connectivity index (χ3n) is 3.64. The third kappa shape index (κ3) is 2.47. The topological polar surface area (TPSA) is 56.9 Å². The maximum absolute atomic E-state index is 10.5. The number of aryl methyl sites for hydroxylation is 2. The van der Waals surface area contributed by atoms with Crippen molar-refractivity contribution in [3.63, 3.8) is 0 Å². The molecule has 22 heavy (non-hydrogen) atoms. The molecule has 0 radical (unpaired) electrons. The van der Waals surface area contributed by atoms with E-state index in [1.165, 1.54) is 11.3 Å². The molecular weight excluding hydrogens is 292 g/mol. The van der Waals surface area contributed by atoms with Crippen LogP contribution in [0.2, 0.25) is 0 Å². The molecule has 0 amide bonds. The average Bonchev–Trinajstić information content (AvgIpc) is 2.94. The Labute approximate surface area is 132 Å². The van der Waals surface area contributed by atoms with Crippen molar-refractivity contribution in [2.75, 3.05) is 0 Å². The first-order valence-corrected chi connectivity index (χ1v) is 7.68. The molecule has 0 saturated heterocycles. The molecule has 0 spiro atoms. The molecule has 2 aromatic carbocycles. The first-order valence-electron chi connectivity index (χ1n) is 6.87. The molecule has 3 rings (SSSR count).